The fraction of sp³-hybridized carbons (Fsp3) is 0.400. The van der Waals surface area contributed by atoms with Gasteiger partial charge in [-0.15, -0.1) is 0 Å². The standard InChI is InChI=1S/C30H36N6O2/c1-18(2)29(37)34-23-14-12-21(13-15-23)26-24(25-27(31)32-17-33-28(25)35(26)4)20-8-10-22(11-9-20)30(38)36-16-6-5-7-19(36)3/h8,12-15,17,19,22H,1,5-7,9-11,16H2,2-4H3,(H,34,37)(H2,31,32,33)/t19-,22-/m1/s1. The van der Waals surface area contributed by atoms with Crippen molar-refractivity contribution in [1.29, 1.82) is 0 Å². The van der Waals surface area contributed by atoms with E-state index in [1.54, 1.807) is 6.92 Å². The number of carbonyl (C=O) groups is 2. The predicted molar refractivity (Wildman–Crippen MR) is 152 cm³/mol. The van der Waals surface area contributed by atoms with E-state index >= 15 is 0 Å². The Bertz CT molecular complexity index is 1440. The smallest absolute Gasteiger partial charge is 0.250 e. The molecule has 2 aliphatic rings. The fourth-order valence-corrected chi connectivity index (χ4v) is 5.82. The second-order valence-corrected chi connectivity index (χ2v) is 10.6. The Morgan fingerprint density at radius 1 is 1.13 bits per heavy atom. The molecule has 3 heterocycles. The van der Waals surface area contributed by atoms with Crippen LogP contribution < -0.4 is 11.1 Å². The van der Waals surface area contributed by atoms with Gasteiger partial charge in [-0.05, 0) is 75.6 Å². The molecule has 2 amide bonds. The molecule has 1 aliphatic carbocycles. The van der Waals surface area contributed by atoms with Gasteiger partial charge in [0.2, 0.25) is 5.91 Å². The van der Waals surface area contributed by atoms with E-state index in [4.69, 9.17) is 5.73 Å². The van der Waals surface area contributed by atoms with Crippen LogP contribution in [0, 0.1) is 5.92 Å². The van der Waals surface area contributed by atoms with Crippen LogP contribution in [0.1, 0.15) is 57.9 Å². The molecule has 0 spiro atoms. The second-order valence-electron chi connectivity index (χ2n) is 10.6. The van der Waals surface area contributed by atoms with Crippen molar-refractivity contribution in [2.45, 2.75) is 58.4 Å². The Balaban J connectivity index is 1.50. The van der Waals surface area contributed by atoms with Gasteiger partial charge in [0.05, 0.1) is 11.1 Å². The van der Waals surface area contributed by atoms with Gasteiger partial charge >= 0.3 is 0 Å². The van der Waals surface area contributed by atoms with E-state index in [-0.39, 0.29) is 11.8 Å². The minimum absolute atomic E-state index is 0.0162. The molecule has 3 aromatic rings. The third-order valence-corrected chi connectivity index (χ3v) is 7.97. The van der Waals surface area contributed by atoms with Crippen LogP contribution in [0.15, 0.2) is 48.8 Å². The number of hydrogen-bond acceptors (Lipinski definition) is 5. The number of rotatable bonds is 5. The zero-order valence-electron chi connectivity index (χ0n) is 22.5. The maximum atomic E-state index is 13.3. The average molecular weight is 513 g/mol. The molecule has 1 saturated heterocycles. The topological polar surface area (TPSA) is 106 Å². The van der Waals surface area contributed by atoms with Crippen molar-refractivity contribution in [3.05, 3.63) is 54.4 Å². The molecule has 0 saturated carbocycles. The molecule has 0 unspecified atom stereocenters. The Hall–Kier alpha value is -3.94. The van der Waals surface area contributed by atoms with E-state index in [9.17, 15) is 9.59 Å². The lowest BCUT2D eigenvalue weighted by atomic mass is 9.83. The third-order valence-electron chi connectivity index (χ3n) is 7.97. The maximum absolute atomic E-state index is 13.3. The number of nitrogens with two attached hydrogens (primary N) is 1. The van der Waals surface area contributed by atoms with Gasteiger partial charge in [0, 0.05) is 42.4 Å². The number of carbonyl (C=O) groups excluding carboxylic acids is 2. The molecule has 1 aromatic carbocycles. The Labute approximate surface area is 223 Å². The summed E-state index contributed by atoms with van der Waals surface area (Å²) in [6, 6.07) is 8.07. The summed E-state index contributed by atoms with van der Waals surface area (Å²) in [4.78, 5) is 36.3. The van der Waals surface area contributed by atoms with Crippen LogP contribution in [0.4, 0.5) is 11.5 Å². The number of hydrogen-bond donors (Lipinski definition) is 2. The number of aryl methyl sites for hydroxylation is 1. The Kier molecular flexibility index (Phi) is 7.06. The molecular formula is C30H36N6O2. The number of allylic oxidation sites excluding steroid dienone is 2. The summed E-state index contributed by atoms with van der Waals surface area (Å²) in [5.74, 6) is 0.545. The molecule has 3 N–H and O–H groups in total. The summed E-state index contributed by atoms with van der Waals surface area (Å²) in [5, 5.41) is 3.70. The summed E-state index contributed by atoms with van der Waals surface area (Å²) in [7, 11) is 1.98. The Morgan fingerprint density at radius 3 is 2.55 bits per heavy atom. The van der Waals surface area contributed by atoms with E-state index in [0.29, 0.717) is 35.4 Å². The van der Waals surface area contributed by atoms with E-state index in [0.717, 1.165) is 60.1 Å². The van der Waals surface area contributed by atoms with Crippen molar-refractivity contribution in [2.24, 2.45) is 13.0 Å². The number of likely N-dealkylation sites (tertiary alicyclic amines) is 1. The molecule has 8 heteroatoms. The first-order valence-electron chi connectivity index (χ1n) is 13.4. The lowest BCUT2D eigenvalue weighted by Gasteiger charge is -2.36. The quantitative estimate of drug-likeness (QED) is 0.450. The van der Waals surface area contributed by atoms with E-state index in [1.807, 2.05) is 31.3 Å². The first-order valence-corrected chi connectivity index (χ1v) is 13.4. The molecule has 5 rings (SSSR count). The molecule has 38 heavy (non-hydrogen) atoms. The Morgan fingerprint density at radius 2 is 1.89 bits per heavy atom. The van der Waals surface area contributed by atoms with E-state index in [1.165, 1.54) is 18.3 Å². The van der Waals surface area contributed by atoms with E-state index in [2.05, 4.69) is 44.3 Å². The number of amides is 2. The van der Waals surface area contributed by atoms with Crippen LogP contribution in [0.5, 0.6) is 0 Å². The van der Waals surface area contributed by atoms with Gasteiger partial charge in [-0.3, -0.25) is 9.59 Å². The van der Waals surface area contributed by atoms with Gasteiger partial charge in [0.25, 0.3) is 5.91 Å². The number of aromatic nitrogens is 3. The number of piperidine rings is 1. The highest BCUT2D eigenvalue weighted by atomic mass is 16.2. The van der Waals surface area contributed by atoms with Crippen molar-refractivity contribution < 1.29 is 9.59 Å². The normalized spacial score (nSPS) is 19.8. The van der Waals surface area contributed by atoms with Crippen molar-refractivity contribution in [1.82, 2.24) is 19.4 Å². The zero-order chi connectivity index (χ0) is 27.0. The first-order chi connectivity index (χ1) is 18.3. The highest BCUT2D eigenvalue weighted by molar-refractivity contribution is 6.05. The van der Waals surface area contributed by atoms with Crippen LogP contribution in [0.3, 0.4) is 0 Å². The van der Waals surface area contributed by atoms with Crippen molar-refractivity contribution in [3.63, 3.8) is 0 Å². The van der Waals surface area contributed by atoms with Crippen LogP contribution in [-0.2, 0) is 16.6 Å². The minimum Gasteiger partial charge on any atom is -0.383 e. The highest BCUT2D eigenvalue weighted by Gasteiger charge is 2.32. The van der Waals surface area contributed by atoms with Gasteiger partial charge in [0.15, 0.2) is 0 Å². The van der Waals surface area contributed by atoms with Gasteiger partial charge in [0.1, 0.15) is 17.8 Å². The first kappa shape index (κ1) is 25.7. The molecule has 2 atom stereocenters. The fourth-order valence-electron chi connectivity index (χ4n) is 5.82. The molecule has 198 valence electrons. The summed E-state index contributed by atoms with van der Waals surface area (Å²) in [6.45, 7) is 8.42. The zero-order valence-corrected chi connectivity index (χ0v) is 22.5. The van der Waals surface area contributed by atoms with Crippen LogP contribution in [0.2, 0.25) is 0 Å². The molecule has 0 bridgehead atoms. The van der Waals surface area contributed by atoms with Crippen LogP contribution >= 0.6 is 0 Å². The van der Waals surface area contributed by atoms with Crippen molar-refractivity contribution >= 4 is 39.9 Å². The number of nitrogens with zero attached hydrogens (tertiary/aromatic N) is 4. The largest absolute Gasteiger partial charge is 0.383 e. The second kappa shape index (κ2) is 10.4. The van der Waals surface area contributed by atoms with Crippen molar-refractivity contribution in [2.75, 3.05) is 17.6 Å². The molecule has 1 fully saturated rings. The summed E-state index contributed by atoms with van der Waals surface area (Å²) in [5.41, 5.74) is 12.5. The van der Waals surface area contributed by atoms with Gasteiger partial charge < -0.3 is 20.5 Å². The molecule has 8 nitrogen and oxygen atoms in total. The van der Waals surface area contributed by atoms with Gasteiger partial charge in [-0.25, -0.2) is 9.97 Å². The molecular weight excluding hydrogens is 476 g/mol. The van der Waals surface area contributed by atoms with Crippen LogP contribution in [-0.4, -0.2) is 43.8 Å². The lowest BCUT2D eigenvalue weighted by Crippen LogP contribution is -2.45. The number of nitrogen functional groups attached to an aromatic ring is 1. The molecule has 2 aromatic heterocycles. The van der Waals surface area contributed by atoms with Gasteiger partial charge in [-0.2, -0.15) is 0 Å². The molecule has 1 aliphatic heterocycles. The van der Waals surface area contributed by atoms with Crippen LogP contribution in [0.25, 0.3) is 27.9 Å². The number of fused-ring (bicyclic) bond motifs is 1. The lowest BCUT2D eigenvalue weighted by molar-refractivity contribution is -0.139. The number of benzene rings is 1. The summed E-state index contributed by atoms with van der Waals surface area (Å²) >= 11 is 0. The third kappa shape index (κ3) is 4.71. The average Bonchev–Trinajstić information content (AvgIpc) is 3.22. The predicted octanol–water partition coefficient (Wildman–Crippen LogP) is 5.32. The summed E-state index contributed by atoms with van der Waals surface area (Å²) < 4.78 is 2.05. The van der Waals surface area contributed by atoms with E-state index < -0.39 is 0 Å². The maximum Gasteiger partial charge on any atom is 0.250 e. The highest BCUT2D eigenvalue weighted by Crippen LogP contribution is 2.43. The summed E-state index contributed by atoms with van der Waals surface area (Å²) in [6.07, 6.45) is 9.40. The molecule has 0 radical (unpaired) electrons. The van der Waals surface area contributed by atoms with Crippen molar-refractivity contribution in [3.8, 4) is 11.3 Å². The number of nitrogens with one attached hydrogen (secondary N) is 1. The monoisotopic (exact) mass is 512 g/mol. The van der Waals surface area contributed by atoms with Gasteiger partial charge in [-0.1, -0.05) is 24.8 Å². The SMILES string of the molecule is C=C(C)C(=O)Nc1ccc(-c2c(C3=CC[C@@H](C(=O)N4CCCC[C@H]4C)CC3)c3c(N)ncnc3n2C)cc1. The number of anilines is 2. The minimum atomic E-state index is -0.207.